The Hall–Kier alpha value is -3.43. The number of nitrogens with one attached hydrogen (secondary N) is 2. The quantitative estimate of drug-likeness (QED) is 0.683. The third-order valence-corrected chi connectivity index (χ3v) is 3.97. The molecule has 0 aliphatic heterocycles. The van der Waals surface area contributed by atoms with Crippen molar-refractivity contribution in [3.05, 3.63) is 82.8 Å². The van der Waals surface area contributed by atoms with Crippen LogP contribution < -0.4 is 10.6 Å². The van der Waals surface area contributed by atoms with Gasteiger partial charge in [0.25, 0.3) is 5.91 Å². The summed E-state index contributed by atoms with van der Waals surface area (Å²) in [6, 6.07) is 16.6. The number of nitrogens with zero attached hydrogens (tertiary/aromatic N) is 3. The molecule has 0 radical (unpaired) electrons. The topological polar surface area (TPSA) is 90.7 Å². The molecule has 0 spiro atoms. The maximum Gasteiger partial charge on any atom is 0.271 e. The van der Waals surface area contributed by atoms with Gasteiger partial charge in [0.15, 0.2) is 0 Å². The highest BCUT2D eigenvalue weighted by Gasteiger charge is 2.08. The Morgan fingerprint density at radius 2 is 1.96 bits per heavy atom. The van der Waals surface area contributed by atoms with E-state index in [2.05, 4.69) is 26.7 Å². The molecule has 3 rings (SSSR count). The Labute approximate surface area is 161 Å². The van der Waals surface area contributed by atoms with Gasteiger partial charge in [0.1, 0.15) is 11.5 Å². The Morgan fingerprint density at radius 1 is 1.11 bits per heavy atom. The van der Waals surface area contributed by atoms with Crippen LogP contribution in [0.1, 0.15) is 21.6 Å². The first kappa shape index (κ1) is 18.4. The van der Waals surface area contributed by atoms with Crippen LogP contribution in [-0.2, 0) is 6.42 Å². The van der Waals surface area contributed by atoms with E-state index in [1.165, 1.54) is 12.4 Å². The molecule has 1 aromatic heterocycles. The smallest absolute Gasteiger partial charge is 0.271 e. The largest absolute Gasteiger partial charge is 0.350 e. The fourth-order valence-electron chi connectivity index (χ4n) is 2.43. The van der Waals surface area contributed by atoms with Crippen molar-refractivity contribution in [2.75, 3.05) is 11.9 Å². The van der Waals surface area contributed by atoms with Crippen molar-refractivity contribution in [1.82, 2.24) is 15.3 Å². The van der Waals surface area contributed by atoms with Crippen molar-refractivity contribution in [3.63, 3.8) is 0 Å². The first-order valence-corrected chi connectivity index (χ1v) is 8.64. The monoisotopic (exact) mass is 377 g/mol. The van der Waals surface area contributed by atoms with Crippen molar-refractivity contribution in [1.29, 1.82) is 5.26 Å². The summed E-state index contributed by atoms with van der Waals surface area (Å²) < 4.78 is 0. The van der Waals surface area contributed by atoms with Gasteiger partial charge in [-0.25, -0.2) is 9.97 Å². The van der Waals surface area contributed by atoms with Crippen molar-refractivity contribution < 1.29 is 4.79 Å². The molecule has 7 heteroatoms. The molecule has 0 unspecified atom stereocenters. The van der Waals surface area contributed by atoms with Crippen molar-refractivity contribution >= 4 is 29.0 Å². The van der Waals surface area contributed by atoms with E-state index >= 15 is 0 Å². The molecule has 134 valence electrons. The number of hydrogen-bond donors (Lipinski definition) is 2. The number of rotatable bonds is 6. The van der Waals surface area contributed by atoms with Crippen molar-refractivity contribution in [3.8, 4) is 6.07 Å². The van der Waals surface area contributed by atoms with Crippen LogP contribution in [0, 0.1) is 11.3 Å². The van der Waals surface area contributed by atoms with Gasteiger partial charge in [-0.2, -0.15) is 5.26 Å². The normalized spacial score (nSPS) is 10.1. The molecule has 0 saturated heterocycles. The molecule has 6 nitrogen and oxygen atoms in total. The van der Waals surface area contributed by atoms with E-state index in [1.54, 1.807) is 18.2 Å². The molecule has 0 fully saturated rings. The molecule has 3 aromatic rings. The van der Waals surface area contributed by atoms with Gasteiger partial charge in [0.05, 0.1) is 24.0 Å². The Morgan fingerprint density at radius 3 is 2.70 bits per heavy atom. The minimum absolute atomic E-state index is 0.234. The number of aromatic nitrogens is 2. The first-order chi connectivity index (χ1) is 13.1. The van der Waals surface area contributed by atoms with Gasteiger partial charge in [-0.05, 0) is 42.3 Å². The summed E-state index contributed by atoms with van der Waals surface area (Å²) in [4.78, 5) is 20.5. The number of amides is 1. The summed E-state index contributed by atoms with van der Waals surface area (Å²) in [6.07, 6.45) is 3.56. The second kappa shape index (κ2) is 8.79. The third-order valence-electron chi connectivity index (χ3n) is 3.74. The van der Waals surface area contributed by atoms with Gasteiger partial charge in [-0.3, -0.25) is 4.79 Å². The maximum absolute atomic E-state index is 12.2. The van der Waals surface area contributed by atoms with Crippen LogP contribution in [0.5, 0.6) is 0 Å². The van der Waals surface area contributed by atoms with Gasteiger partial charge < -0.3 is 10.6 Å². The van der Waals surface area contributed by atoms with E-state index in [4.69, 9.17) is 16.9 Å². The van der Waals surface area contributed by atoms with Gasteiger partial charge in [-0.15, -0.1) is 0 Å². The van der Waals surface area contributed by atoms with Crippen LogP contribution in [0.2, 0.25) is 5.02 Å². The van der Waals surface area contributed by atoms with Crippen LogP contribution in [0.4, 0.5) is 11.5 Å². The highest BCUT2D eigenvalue weighted by molar-refractivity contribution is 6.30. The molecule has 0 bridgehead atoms. The Kier molecular flexibility index (Phi) is 5.98. The average molecular weight is 378 g/mol. The number of carbonyl (C=O) groups is 1. The minimum Gasteiger partial charge on any atom is -0.350 e. The Bertz CT molecular complexity index is 982. The predicted octanol–water partition coefficient (Wildman–Crippen LogP) is 3.72. The summed E-state index contributed by atoms with van der Waals surface area (Å²) in [5.41, 5.74) is 2.55. The molecule has 0 aliphatic carbocycles. The number of anilines is 2. The summed E-state index contributed by atoms with van der Waals surface area (Å²) in [6.45, 7) is 0.474. The van der Waals surface area contributed by atoms with E-state index in [-0.39, 0.29) is 11.6 Å². The zero-order valence-corrected chi connectivity index (χ0v) is 15.1. The number of halogens is 1. The molecular formula is C20H16ClN5O. The fraction of sp³-hybridized carbons (Fsp3) is 0.100. The van der Waals surface area contributed by atoms with Gasteiger partial charge >= 0.3 is 0 Å². The molecule has 27 heavy (non-hydrogen) atoms. The van der Waals surface area contributed by atoms with Crippen LogP contribution in [0.3, 0.4) is 0 Å². The molecule has 0 saturated carbocycles. The van der Waals surface area contributed by atoms with Gasteiger partial charge in [0.2, 0.25) is 0 Å². The molecule has 2 aromatic carbocycles. The van der Waals surface area contributed by atoms with Gasteiger partial charge in [-0.1, -0.05) is 29.8 Å². The summed E-state index contributed by atoms with van der Waals surface area (Å²) in [7, 11) is 0. The Balaban J connectivity index is 1.54. The number of carbonyl (C=O) groups excluding carboxylic acids is 1. The van der Waals surface area contributed by atoms with Crippen LogP contribution in [0.15, 0.2) is 60.9 Å². The molecule has 0 aliphatic rings. The molecule has 0 atom stereocenters. The number of benzene rings is 2. The van der Waals surface area contributed by atoms with Crippen LogP contribution in [-0.4, -0.2) is 22.4 Å². The van der Waals surface area contributed by atoms with Crippen LogP contribution >= 0.6 is 11.6 Å². The molecule has 2 N–H and O–H groups in total. The summed E-state index contributed by atoms with van der Waals surface area (Å²) in [5.74, 6) is 0.197. The molecular weight excluding hydrogens is 362 g/mol. The average Bonchev–Trinajstić information content (AvgIpc) is 2.69. The van der Waals surface area contributed by atoms with Crippen molar-refractivity contribution in [2.45, 2.75) is 6.42 Å². The van der Waals surface area contributed by atoms with E-state index < -0.39 is 0 Å². The van der Waals surface area contributed by atoms with Crippen molar-refractivity contribution in [2.24, 2.45) is 0 Å². The second-order valence-corrected chi connectivity index (χ2v) is 6.18. The lowest BCUT2D eigenvalue weighted by Crippen LogP contribution is -2.26. The highest BCUT2D eigenvalue weighted by Crippen LogP contribution is 2.15. The number of nitriles is 1. The second-order valence-electron chi connectivity index (χ2n) is 5.74. The van der Waals surface area contributed by atoms with E-state index in [0.717, 1.165) is 11.3 Å². The minimum atomic E-state index is -0.289. The molecule has 1 amide bonds. The first-order valence-electron chi connectivity index (χ1n) is 8.26. The molecule has 1 heterocycles. The van der Waals surface area contributed by atoms with E-state index in [0.29, 0.717) is 29.4 Å². The summed E-state index contributed by atoms with van der Waals surface area (Å²) >= 11 is 5.94. The lowest BCUT2D eigenvalue weighted by atomic mass is 10.1. The van der Waals surface area contributed by atoms with Gasteiger partial charge in [0, 0.05) is 17.3 Å². The lowest BCUT2D eigenvalue weighted by molar-refractivity contribution is 0.0949. The zero-order valence-electron chi connectivity index (χ0n) is 14.3. The SMILES string of the molecule is N#Cc1cccc(Nc2cnc(C(=O)NCCc3cccc(Cl)c3)cn2)c1. The fourth-order valence-corrected chi connectivity index (χ4v) is 2.64. The maximum atomic E-state index is 12.2. The van der Waals surface area contributed by atoms with E-state index in [9.17, 15) is 4.79 Å². The number of hydrogen-bond acceptors (Lipinski definition) is 5. The lowest BCUT2D eigenvalue weighted by Gasteiger charge is -2.07. The predicted molar refractivity (Wildman–Crippen MR) is 104 cm³/mol. The van der Waals surface area contributed by atoms with E-state index in [1.807, 2.05) is 30.3 Å². The van der Waals surface area contributed by atoms with Crippen LogP contribution in [0.25, 0.3) is 0 Å². The highest BCUT2D eigenvalue weighted by atomic mass is 35.5. The standard InChI is InChI=1S/C20H16ClN5O/c21-16-5-1-3-14(9-16)7-8-23-20(27)18-12-25-19(13-24-18)26-17-6-2-4-15(10-17)11-22/h1-6,9-10,12-13H,7-8H2,(H,23,27)(H,25,26). The zero-order chi connectivity index (χ0) is 19.1. The third kappa shape index (κ3) is 5.27. The summed E-state index contributed by atoms with van der Waals surface area (Å²) in [5, 5.41) is 15.5.